The lowest BCUT2D eigenvalue weighted by molar-refractivity contribution is 0.0972. The summed E-state index contributed by atoms with van der Waals surface area (Å²) in [5.74, 6) is 0.610. The van der Waals surface area contributed by atoms with E-state index in [0.29, 0.717) is 11.9 Å². The number of Topliss-reactive ketones (excluding diaryl/α,β-unsaturated/α-hetero) is 1. The Morgan fingerprint density at radius 1 is 1.53 bits per heavy atom. The molecule has 2 heterocycles. The molecule has 0 spiro atoms. The maximum Gasteiger partial charge on any atom is 0.293 e. The first-order chi connectivity index (χ1) is 8.20. The first-order valence-electron chi connectivity index (χ1n) is 6.28. The largest absolute Gasteiger partial charge is 0.331 e. The van der Waals surface area contributed by atoms with Crippen LogP contribution in [-0.4, -0.2) is 40.0 Å². The van der Waals surface area contributed by atoms with E-state index in [1.54, 1.807) is 0 Å². The van der Waals surface area contributed by atoms with E-state index in [9.17, 15) is 4.79 Å². The summed E-state index contributed by atoms with van der Waals surface area (Å²) in [6.07, 6.45) is 4.50. The van der Waals surface area contributed by atoms with Crippen LogP contribution in [0.1, 0.15) is 49.6 Å². The van der Waals surface area contributed by atoms with E-state index in [1.807, 2.05) is 0 Å². The van der Waals surface area contributed by atoms with Gasteiger partial charge < -0.3 is 9.42 Å². The number of aromatic nitrogens is 2. The molecular formula is C12H19N3O2. The van der Waals surface area contributed by atoms with Crippen LogP contribution >= 0.6 is 0 Å². The molecule has 0 saturated carbocycles. The highest BCUT2D eigenvalue weighted by molar-refractivity contribution is 5.89. The average Bonchev–Trinajstić information content (AvgIpc) is 2.78. The van der Waals surface area contributed by atoms with Crippen molar-refractivity contribution in [3.8, 4) is 0 Å². The van der Waals surface area contributed by atoms with Crippen molar-refractivity contribution in [3.63, 3.8) is 0 Å². The lowest BCUT2D eigenvalue weighted by Gasteiger charge is -2.34. The molecule has 1 aliphatic rings. The van der Waals surface area contributed by atoms with E-state index in [1.165, 1.54) is 26.2 Å². The molecule has 1 atom stereocenters. The van der Waals surface area contributed by atoms with Crippen LogP contribution in [0, 0.1) is 0 Å². The van der Waals surface area contributed by atoms with Gasteiger partial charge in [-0.3, -0.25) is 4.79 Å². The molecule has 0 N–H and O–H groups in total. The second kappa shape index (κ2) is 5.40. The predicted molar refractivity (Wildman–Crippen MR) is 62.9 cm³/mol. The third-order valence-corrected chi connectivity index (χ3v) is 3.34. The minimum atomic E-state index is -0.167. The monoisotopic (exact) mass is 237 g/mol. The van der Waals surface area contributed by atoms with Crippen molar-refractivity contribution in [3.05, 3.63) is 11.7 Å². The molecule has 1 saturated heterocycles. The Morgan fingerprint density at radius 2 is 2.35 bits per heavy atom. The van der Waals surface area contributed by atoms with E-state index >= 15 is 0 Å². The van der Waals surface area contributed by atoms with Crippen molar-refractivity contribution in [2.75, 3.05) is 13.1 Å². The standard InChI is InChI=1S/C12H19N3O2/c1-3-15-7-5-4-6-10(15)8-11-13-12(9(2)16)17-14-11/h10H,3-8H2,1-2H3. The molecule has 1 unspecified atom stereocenters. The fourth-order valence-electron chi connectivity index (χ4n) is 2.40. The van der Waals surface area contributed by atoms with E-state index < -0.39 is 0 Å². The maximum atomic E-state index is 11.1. The Morgan fingerprint density at radius 3 is 3.00 bits per heavy atom. The topological polar surface area (TPSA) is 59.2 Å². The molecule has 17 heavy (non-hydrogen) atoms. The van der Waals surface area contributed by atoms with Crippen molar-refractivity contribution in [1.82, 2.24) is 15.0 Å². The van der Waals surface area contributed by atoms with Crippen LogP contribution in [-0.2, 0) is 6.42 Å². The Labute approximate surface area is 101 Å². The summed E-state index contributed by atoms with van der Waals surface area (Å²) in [6, 6.07) is 0.492. The SMILES string of the molecule is CCN1CCCCC1Cc1noc(C(C)=O)n1. The highest BCUT2D eigenvalue weighted by Crippen LogP contribution is 2.19. The number of hydrogen-bond acceptors (Lipinski definition) is 5. The smallest absolute Gasteiger partial charge is 0.293 e. The van der Waals surface area contributed by atoms with Crippen LogP contribution < -0.4 is 0 Å². The molecule has 2 rings (SSSR count). The number of hydrogen-bond donors (Lipinski definition) is 0. The Balaban J connectivity index is 2.00. The molecule has 1 aromatic rings. The summed E-state index contributed by atoms with van der Waals surface area (Å²) in [6.45, 7) is 5.83. The maximum absolute atomic E-state index is 11.1. The molecule has 1 aromatic heterocycles. The van der Waals surface area contributed by atoms with E-state index in [4.69, 9.17) is 4.52 Å². The zero-order chi connectivity index (χ0) is 12.3. The molecule has 0 bridgehead atoms. The van der Waals surface area contributed by atoms with Crippen LogP contribution in [0.15, 0.2) is 4.52 Å². The minimum absolute atomic E-state index is 0.124. The lowest BCUT2D eigenvalue weighted by Crippen LogP contribution is -2.40. The van der Waals surface area contributed by atoms with Crippen LogP contribution in [0.4, 0.5) is 0 Å². The number of rotatable bonds is 4. The molecule has 0 aliphatic carbocycles. The van der Waals surface area contributed by atoms with Gasteiger partial charge in [0, 0.05) is 19.4 Å². The summed E-state index contributed by atoms with van der Waals surface area (Å²) in [5.41, 5.74) is 0. The normalized spacial score (nSPS) is 21.6. The molecule has 0 aromatic carbocycles. The average molecular weight is 237 g/mol. The highest BCUT2D eigenvalue weighted by Gasteiger charge is 2.23. The van der Waals surface area contributed by atoms with Gasteiger partial charge in [0.05, 0.1) is 0 Å². The Kier molecular flexibility index (Phi) is 3.89. The molecule has 5 nitrogen and oxygen atoms in total. The summed E-state index contributed by atoms with van der Waals surface area (Å²) in [7, 11) is 0. The first-order valence-corrected chi connectivity index (χ1v) is 6.28. The van der Waals surface area contributed by atoms with Gasteiger partial charge in [0.1, 0.15) is 0 Å². The van der Waals surface area contributed by atoms with Gasteiger partial charge in [0.2, 0.25) is 5.78 Å². The Hall–Kier alpha value is -1.23. The second-order valence-corrected chi connectivity index (χ2v) is 4.55. The number of carbonyl (C=O) groups excluding carboxylic acids is 1. The van der Waals surface area contributed by atoms with E-state index in [2.05, 4.69) is 22.0 Å². The number of piperidine rings is 1. The molecule has 1 fully saturated rings. The zero-order valence-electron chi connectivity index (χ0n) is 10.5. The quantitative estimate of drug-likeness (QED) is 0.746. The summed E-state index contributed by atoms with van der Waals surface area (Å²) >= 11 is 0. The van der Waals surface area contributed by atoms with Crippen molar-refractivity contribution in [2.24, 2.45) is 0 Å². The Bertz CT molecular complexity index is 389. The fraction of sp³-hybridized carbons (Fsp3) is 0.750. The number of carbonyl (C=O) groups is 1. The summed E-state index contributed by atoms with van der Waals surface area (Å²) in [5, 5.41) is 3.87. The van der Waals surface area contributed by atoms with Gasteiger partial charge in [-0.2, -0.15) is 4.98 Å². The molecule has 0 radical (unpaired) electrons. The molecular weight excluding hydrogens is 218 g/mol. The van der Waals surface area contributed by atoms with Gasteiger partial charge in [0.25, 0.3) is 5.89 Å². The third kappa shape index (κ3) is 2.91. The number of likely N-dealkylation sites (N-methyl/N-ethyl adjacent to an activating group) is 1. The van der Waals surface area contributed by atoms with Gasteiger partial charge in [-0.05, 0) is 25.9 Å². The van der Waals surface area contributed by atoms with E-state index in [-0.39, 0.29) is 11.7 Å². The van der Waals surface area contributed by atoms with Crippen LogP contribution in [0.25, 0.3) is 0 Å². The van der Waals surface area contributed by atoms with Gasteiger partial charge in [-0.1, -0.05) is 18.5 Å². The molecule has 5 heteroatoms. The van der Waals surface area contributed by atoms with Gasteiger partial charge >= 0.3 is 0 Å². The number of ketones is 1. The predicted octanol–water partition coefficient (Wildman–Crippen LogP) is 1.69. The van der Waals surface area contributed by atoms with Gasteiger partial charge in [-0.15, -0.1) is 0 Å². The molecule has 1 aliphatic heterocycles. The van der Waals surface area contributed by atoms with Crippen LogP contribution in [0.2, 0.25) is 0 Å². The van der Waals surface area contributed by atoms with Crippen LogP contribution in [0.3, 0.4) is 0 Å². The first kappa shape index (κ1) is 12.2. The van der Waals surface area contributed by atoms with Gasteiger partial charge in [0.15, 0.2) is 5.82 Å². The van der Waals surface area contributed by atoms with Crippen molar-refractivity contribution in [1.29, 1.82) is 0 Å². The molecule has 94 valence electrons. The van der Waals surface area contributed by atoms with E-state index in [0.717, 1.165) is 19.5 Å². The lowest BCUT2D eigenvalue weighted by atomic mass is 9.99. The zero-order valence-corrected chi connectivity index (χ0v) is 10.5. The second-order valence-electron chi connectivity index (χ2n) is 4.55. The van der Waals surface area contributed by atoms with Crippen molar-refractivity contribution >= 4 is 5.78 Å². The summed E-state index contributed by atoms with van der Waals surface area (Å²) < 4.78 is 4.91. The highest BCUT2D eigenvalue weighted by atomic mass is 16.5. The number of likely N-dealkylation sites (tertiary alicyclic amines) is 1. The number of nitrogens with zero attached hydrogens (tertiary/aromatic N) is 3. The minimum Gasteiger partial charge on any atom is -0.331 e. The van der Waals surface area contributed by atoms with Crippen molar-refractivity contribution < 1.29 is 9.32 Å². The third-order valence-electron chi connectivity index (χ3n) is 3.34. The van der Waals surface area contributed by atoms with Gasteiger partial charge in [-0.25, -0.2) is 0 Å². The molecule has 0 amide bonds. The van der Waals surface area contributed by atoms with Crippen LogP contribution in [0.5, 0.6) is 0 Å². The summed E-state index contributed by atoms with van der Waals surface area (Å²) in [4.78, 5) is 17.6. The fourth-order valence-corrected chi connectivity index (χ4v) is 2.40. The van der Waals surface area contributed by atoms with Crippen molar-refractivity contribution in [2.45, 2.75) is 45.6 Å².